The molecule has 1 heterocycles. The first-order valence-corrected chi connectivity index (χ1v) is 28.3. The van der Waals surface area contributed by atoms with E-state index in [0.29, 0.717) is 19.4 Å². The molecule has 19 N–H and O–H groups in total. The molecule has 0 radical (unpaired) electrons. The van der Waals surface area contributed by atoms with Crippen molar-refractivity contribution in [2.45, 2.75) is 212 Å². The lowest BCUT2D eigenvalue weighted by Crippen LogP contribution is -2.61. The lowest BCUT2D eigenvalue weighted by Gasteiger charge is -2.29. The van der Waals surface area contributed by atoms with E-state index in [-0.39, 0.29) is 31.7 Å². The van der Waals surface area contributed by atoms with Gasteiger partial charge in [-0.1, -0.05) is 41.5 Å². The predicted octanol–water partition coefficient (Wildman–Crippen LogP) is -4.67. The first-order valence-electron chi connectivity index (χ1n) is 28.3. The lowest BCUT2D eigenvalue weighted by atomic mass is 9.98. The van der Waals surface area contributed by atoms with Gasteiger partial charge in [-0.2, -0.15) is 0 Å². The Hall–Kier alpha value is -8.03. The Morgan fingerprint density at radius 3 is 1.29 bits per heavy atom. The van der Waals surface area contributed by atoms with E-state index in [1.807, 2.05) is 5.32 Å². The van der Waals surface area contributed by atoms with Crippen molar-refractivity contribution in [1.29, 1.82) is 0 Å². The number of hydrogen-bond donors (Lipinski definition) is 17. The van der Waals surface area contributed by atoms with E-state index in [1.54, 1.807) is 41.5 Å². The van der Waals surface area contributed by atoms with Gasteiger partial charge in [0.15, 0.2) is 0 Å². The molecule has 0 aromatic heterocycles. The molecule has 1 fully saturated rings. The van der Waals surface area contributed by atoms with Gasteiger partial charge in [0, 0.05) is 12.8 Å². The van der Waals surface area contributed by atoms with Gasteiger partial charge in [0.2, 0.25) is 70.9 Å². The van der Waals surface area contributed by atoms with Crippen LogP contribution < -0.4 is 75.3 Å². The second kappa shape index (κ2) is 37.3. The van der Waals surface area contributed by atoms with E-state index in [4.69, 9.17) is 16.6 Å². The standard InChI is InChI=1S/C53H90N14O18/c1-24(2)22-35(50(81)67-41(26(5)6)52(83)63-32(14-11-12-20-54)48(79)62-33(16-18-37(55)68)49(80)65-36(53(84)85)23-39(71)72)64-44(75)29(9)60-51(82)40(25(3)4)66-45(76)30(10)59-47(78)34(17-19-38(69)70)61-43(74)28(8)57-42(73)27(7)58-46(77)31-15-13-21-56-31/h24-36,40-41,56H,11-23,54H2,1-10H3,(H2,55,68)(H,57,73)(H,58,77)(H,59,78)(H,60,82)(H,61,74)(H,62,79)(H,63,83)(H,64,75)(H,65,80)(H,66,76)(H,67,81)(H,69,70)(H,71,72)(H,84,85)/t27-,28-,29-,30-,31-,32-,33-,34-,35-,36-,40-,41-/m0/s1. The Morgan fingerprint density at radius 1 is 0.447 bits per heavy atom. The molecule has 32 nitrogen and oxygen atoms in total. The number of unbranched alkanes of at least 4 members (excludes halogenated alkanes) is 1. The minimum atomic E-state index is -1.92. The van der Waals surface area contributed by atoms with Crippen LogP contribution in [0.4, 0.5) is 0 Å². The van der Waals surface area contributed by atoms with Crippen molar-refractivity contribution in [1.82, 2.24) is 63.8 Å². The van der Waals surface area contributed by atoms with E-state index >= 15 is 0 Å². The molecule has 32 heteroatoms. The van der Waals surface area contributed by atoms with Crippen molar-refractivity contribution >= 4 is 88.8 Å². The largest absolute Gasteiger partial charge is 0.481 e. The number of aliphatic carboxylic acids is 3. The van der Waals surface area contributed by atoms with Gasteiger partial charge in [0.1, 0.15) is 66.5 Å². The number of primary amides is 1. The van der Waals surface area contributed by atoms with E-state index in [9.17, 15) is 82.1 Å². The highest BCUT2D eigenvalue weighted by Gasteiger charge is 2.37. The Kier molecular flexibility index (Phi) is 32.9. The molecule has 85 heavy (non-hydrogen) atoms. The van der Waals surface area contributed by atoms with Crippen molar-refractivity contribution in [3.63, 3.8) is 0 Å². The molecule has 0 bridgehead atoms. The highest BCUT2D eigenvalue weighted by molar-refractivity contribution is 5.99. The van der Waals surface area contributed by atoms with Crippen LogP contribution in [0.3, 0.4) is 0 Å². The molecular formula is C53H90N14O18. The average molecular weight is 1210 g/mol. The van der Waals surface area contributed by atoms with E-state index in [1.165, 1.54) is 27.7 Å². The van der Waals surface area contributed by atoms with Gasteiger partial charge in [0.05, 0.1) is 12.5 Å². The smallest absolute Gasteiger partial charge is 0.326 e. The number of carboxylic acids is 3. The molecule has 12 atom stereocenters. The predicted molar refractivity (Wildman–Crippen MR) is 302 cm³/mol. The van der Waals surface area contributed by atoms with E-state index in [0.717, 1.165) is 6.42 Å². The van der Waals surface area contributed by atoms with Crippen LogP contribution in [0, 0.1) is 17.8 Å². The van der Waals surface area contributed by atoms with Crippen LogP contribution in [-0.4, -0.2) is 190 Å². The normalized spacial score (nSPS) is 16.8. The zero-order valence-corrected chi connectivity index (χ0v) is 50.0. The molecule has 1 aliphatic rings. The Balaban J connectivity index is 3.19. The van der Waals surface area contributed by atoms with Crippen molar-refractivity contribution in [3.05, 3.63) is 0 Å². The van der Waals surface area contributed by atoms with Gasteiger partial charge < -0.3 is 90.6 Å². The highest BCUT2D eigenvalue weighted by Crippen LogP contribution is 2.13. The van der Waals surface area contributed by atoms with Gasteiger partial charge >= 0.3 is 17.9 Å². The molecule has 1 aliphatic heterocycles. The third-order valence-corrected chi connectivity index (χ3v) is 13.4. The van der Waals surface area contributed by atoms with Gasteiger partial charge in [-0.15, -0.1) is 0 Å². The molecule has 0 spiro atoms. The summed E-state index contributed by atoms with van der Waals surface area (Å²) in [7, 11) is 0. The number of carboxylic acid groups (broad SMARTS) is 3. The lowest BCUT2D eigenvalue weighted by molar-refractivity contribution is -0.147. The second-order valence-corrected chi connectivity index (χ2v) is 22.1. The van der Waals surface area contributed by atoms with Crippen molar-refractivity contribution in [2.75, 3.05) is 13.1 Å². The van der Waals surface area contributed by atoms with Crippen LogP contribution in [0.1, 0.15) is 140 Å². The molecule has 12 amide bonds. The molecular weight excluding hydrogens is 1120 g/mol. The monoisotopic (exact) mass is 1210 g/mol. The van der Waals surface area contributed by atoms with E-state index < -0.39 is 205 Å². The summed E-state index contributed by atoms with van der Waals surface area (Å²) in [5.74, 6) is -16.4. The molecule has 480 valence electrons. The molecule has 1 saturated heterocycles. The first kappa shape index (κ1) is 75.0. The SMILES string of the molecule is CC(C)C[C@H](NC(=O)[C@H](C)NC(=O)[C@@H](NC(=O)[C@H](C)NC(=O)[C@H](CCC(=O)O)NC(=O)[C@H](C)NC(=O)[C@H](C)NC(=O)[C@@H]1CCCN1)C(C)C)C(=O)N[C@H](C(=O)N[C@@H](CCCCN)C(=O)N[C@@H](CCC(N)=O)C(=O)N[C@@H](CC(=O)O)C(=O)O)C(C)C. The number of amides is 12. The van der Waals surface area contributed by atoms with Crippen LogP contribution in [0.15, 0.2) is 0 Å². The number of nitrogens with two attached hydrogens (primary N) is 2. The minimum absolute atomic E-state index is 0.0161. The number of hydrogen-bond acceptors (Lipinski definition) is 17. The van der Waals surface area contributed by atoms with Gasteiger partial charge in [-0.3, -0.25) is 67.1 Å². The summed E-state index contributed by atoms with van der Waals surface area (Å²) in [5, 5.41) is 57.9. The zero-order chi connectivity index (χ0) is 65.0. The summed E-state index contributed by atoms with van der Waals surface area (Å²) in [6.45, 7) is 15.9. The Labute approximate surface area is 493 Å². The molecule has 0 unspecified atom stereocenters. The summed E-state index contributed by atoms with van der Waals surface area (Å²) in [4.78, 5) is 194. The topological polar surface area (TPSA) is 513 Å². The minimum Gasteiger partial charge on any atom is -0.481 e. The van der Waals surface area contributed by atoms with Gasteiger partial charge in [-0.25, -0.2) is 4.79 Å². The molecule has 0 aliphatic carbocycles. The third kappa shape index (κ3) is 27.9. The van der Waals surface area contributed by atoms with Crippen molar-refractivity contribution in [3.8, 4) is 0 Å². The number of nitrogens with one attached hydrogen (secondary N) is 12. The average Bonchev–Trinajstić information content (AvgIpc) is 4.16. The van der Waals surface area contributed by atoms with Gasteiger partial charge in [-0.05, 0) is 110 Å². The Bertz CT molecular complexity index is 2380. The highest BCUT2D eigenvalue weighted by atomic mass is 16.4. The third-order valence-electron chi connectivity index (χ3n) is 13.4. The first-order chi connectivity index (χ1) is 39.6. The summed E-state index contributed by atoms with van der Waals surface area (Å²) < 4.78 is 0. The summed E-state index contributed by atoms with van der Waals surface area (Å²) >= 11 is 0. The van der Waals surface area contributed by atoms with Crippen LogP contribution in [0.5, 0.6) is 0 Å². The number of carbonyl (C=O) groups excluding carboxylic acids is 12. The zero-order valence-electron chi connectivity index (χ0n) is 50.0. The number of rotatable bonds is 39. The second-order valence-electron chi connectivity index (χ2n) is 22.1. The fourth-order valence-corrected chi connectivity index (χ4v) is 8.37. The van der Waals surface area contributed by atoms with Crippen LogP contribution in [0.25, 0.3) is 0 Å². The van der Waals surface area contributed by atoms with Crippen LogP contribution >= 0.6 is 0 Å². The van der Waals surface area contributed by atoms with E-state index in [2.05, 4.69) is 58.5 Å². The maximum Gasteiger partial charge on any atom is 0.326 e. The van der Waals surface area contributed by atoms with Gasteiger partial charge in [0.25, 0.3) is 0 Å². The molecule has 0 aromatic carbocycles. The van der Waals surface area contributed by atoms with Crippen molar-refractivity contribution < 1.29 is 87.2 Å². The molecule has 0 aromatic rings. The maximum atomic E-state index is 14.0. The summed E-state index contributed by atoms with van der Waals surface area (Å²) in [6, 6.07) is -16.0. The number of carbonyl (C=O) groups is 15. The summed E-state index contributed by atoms with van der Waals surface area (Å²) in [5.41, 5.74) is 10.9. The fraction of sp³-hybridized carbons (Fsp3) is 0.717. The molecule has 0 saturated carbocycles. The van der Waals surface area contributed by atoms with Crippen molar-refractivity contribution in [2.24, 2.45) is 29.2 Å². The van der Waals surface area contributed by atoms with Crippen LogP contribution in [0.2, 0.25) is 0 Å². The maximum absolute atomic E-state index is 14.0. The summed E-state index contributed by atoms with van der Waals surface area (Å²) in [6.07, 6.45) is -0.983. The Morgan fingerprint density at radius 2 is 0.835 bits per heavy atom. The quantitative estimate of drug-likeness (QED) is 0.0257. The molecule has 1 rings (SSSR count). The fourth-order valence-electron chi connectivity index (χ4n) is 8.37. The van der Waals surface area contributed by atoms with Crippen LogP contribution in [-0.2, 0) is 71.9 Å².